The van der Waals surface area contributed by atoms with Gasteiger partial charge in [0.05, 0.1) is 7.11 Å². The first-order valence-electron chi connectivity index (χ1n) is 8.16. The molecule has 0 unspecified atom stereocenters. The van der Waals surface area contributed by atoms with E-state index in [1.165, 1.54) is 6.07 Å². The molecular weight excluding hydrogens is 326 g/mol. The van der Waals surface area contributed by atoms with Crippen LogP contribution in [0.2, 0.25) is 0 Å². The van der Waals surface area contributed by atoms with Gasteiger partial charge in [0.2, 0.25) is 6.41 Å². The molecule has 134 valence electrons. The smallest absolute Gasteiger partial charge is 0.263 e. The number of rotatable bonds is 9. The number of carbonyl (C=O) groups is 1. The van der Waals surface area contributed by atoms with Crippen molar-refractivity contribution in [2.75, 3.05) is 12.4 Å². The highest BCUT2D eigenvalue weighted by Crippen LogP contribution is 2.23. The van der Waals surface area contributed by atoms with Crippen molar-refractivity contribution in [2.24, 2.45) is 0 Å². The zero-order valence-electron chi connectivity index (χ0n) is 14.4. The van der Waals surface area contributed by atoms with Crippen molar-refractivity contribution in [3.63, 3.8) is 0 Å². The summed E-state index contributed by atoms with van der Waals surface area (Å²) in [6.45, 7) is 1.86. The lowest BCUT2D eigenvalue weighted by molar-refractivity contribution is -0.105. The topological polar surface area (TPSA) is 51.2 Å². The molecule has 1 aromatic carbocycles. The molecule has 0 saturated carbocycles. The first kappa shape index (κ1) is 18.8. The molecule has 0 saturated heterocycles. The van der Waals surface area contributed by atoms with Crippen LogP contribution in [0, 0.1) is 6.92 Å². The quantitative estimate of drug-likeness (QED) is 0.537. The molecule has 0 aliphatic carbocycles. The number of methoxy groups -OCH3 is 1. The number of pyridine rings is 1. The fraction of sp³-hybridized carbons (Fsp3) is 0.368. The molecule has 4 nitrogen and oxygen atoms in total. The highest BCUT2D eigenvalue weighted by molar-refractivity contribution is 5.69. The number of carbonyl (C=O) groups excluding carboxylic acids is 1. The predicted molar refractivity (Wildman–Crippen MR) is 93.3 cm³/mol. The Morgan fingerprint density at radius 1 is 1.20 bits per heavy atom. The van der Waals surface area contributed by atoms with Gasteiger partial charge in [0.15, 0.2) is 0 Å². The summed E-state index contributed by atoms with van der Waals surface area (Å²) < 4.78 is 30.6. The molecule has 1 heterocycles. The van der Waals surface area contributed by atoms with E-state index in [1.807, 2.05) is 13.0 Å². The third-order valence-corrected chi connectivity index (χ3v) is 4.04. The Bertz CT molecular complexity index is 721. The molecule has 0 bridgehead atoms. The molecule has 6 heteroatoms. The number of halogens is 2. The van der Waals surface area contributed by atoms with E-state index in [2.05, 4.69) is 10.3 Å². The number of ether oxygens (including phenoxy) is 1. The second kappa shape index (κ2) is 9.11. The summed E-state index contributed by atoms with van der Waals surface area (Å²) in [7, 11) is 1.57. The number of hydrogen-bond donors (Lipinski definition) is 1. The van der Waals surface area contributed by atoms with Gasteiger partial charge in [0.1, 0.15) is 11.6 Å². The second-order valence-electron chi connectivity index (χ2n) is 5.84. The summed E-state index contributed by atoms with van der Waals surface area (Å²) in [5.41, 5.74) is 2.89. The van der Waals surface area contributed by atoms with Crippen LogP contribution in [-0.2, 0) is 17.6 Å². The van der Waals surface area contributed by atoms with E-state index in [0.29, 0.717) is 18.0 Å². The van der Waals surface area contributed by atoms with Crippen LogP contribution in [0.1, 0.15) is 41.7 Å². The molecule has 1 amide bonds. The van der Waals surface area contributed by atoms with Crippen molar-refractivity contribution in [3.05, 3.63) is 52.7 Å². The minimum absolute atomic E-state index is 0.0667. The first-order chi connectivity index (χ1) is 12.0. The van der Waals surface area contributed by atoms with Crippen LogP contribution in [0.5, 0.6) is 5.75 Å². The summed E-state index contributed by atoms with van der Waals surface area (Å²) in [5.74, 6) is 1.11. The Kier molecular flexibility index (Phi) is 6.86. The average Bonchev–Trinajstić information content (AvgIpc) is 2.59. The van der Waals surface area contributed by atoms with E-state index in [-0.39, 0.29) is 5.56 Å². The summed E-state index contributed by atoms with van der Waals surface area (Å²) in [6.07, 6.45) is 1.55. The molecule has 1 aromatic heterocycles. The third kappa shape index (κ3) is 5.52. The molecule has 0 aliphatic heterocycles. The van der Waals surface area contributed by atoms with Gasteiger partial charge in [-0.25, -0.2) is 13.8 Å². The van der Waals surface area contributed by atoms with Gasteiger partial charge in [-0.05, 0) is 43.7 Å². The van der Waals surface area contributed by atoms with Crippen LogP contribution < -0.4 is 10.1 Å². The Labute approximate surface area is 146 Å². The van der Waals surface area contributed by atoms with Gasteiger partial charge in [0.25, 0.3) is 6.43 Å². The largest absolute Gasteiger partial charge is 0.497 e. The molecule has 1 N–H and O–H groups in total. The number of unbranched alkanes of at least 4 members (excludes halogenated alkanes) is 1. The van der Waals surface area contributed by atoms with E-state index >= 15 is 0 Å². The van der Waals surface area contributed by atoms with Gasteiger partial charge < -0.3 is 10.1 Å². The van der Waals surface area contributed by atoms with Crippen LogP contribution in [0.3, 0.4) is 0 Å². The predicted octanol–water partition coefficient (Wildman–Crippen LogP) is 4.47. The van der Waals surface area contributed by atoms with E-state index in [4.69, 9.17) is 4.74 Å². The average molecular weight is 348 g/mol. The number of amides is 1. The summed E-state index contributed by atoms with van der Waals surface area (Å²) >= 11 is 0. The Morgan fingerprint density at radius 3 is 2.60 bits per heavy atom. The molecule has 25 heavy (non-hydrogen) atoms. The molecule has 0 aliphatic rings. The van der Waals surface area contributed by atoms with Crippen molar-refractivity contribution in [3.8, 4) is 5.75 Å². The number of nitrogens with zero attached hydrogens (tertiary/aromatic N) is 1. The molecule has 0 atom stereocenters. The highest BCUT2D eigenvalue weighted by atomic mass is 19.3. The van der Waals surface area contributed by atoms with Gasteiger partial charge in [0, 0.05) is 23.4 Å². The lowest BCUT2D eigenvalue weighted by atomic mass is 9.99. The Morgan fingerprint density at radius 2 is 1.96 bits per heavy atom. The monoisotopic (exact) mass is 348 g/mol. The lowest BCUT2D eigenvalue weighted by Crippen LogP contribution is -2.01. The lowest BCUT2D eigenvalue weighted by Gasteiger charge is -2.09. The number of hydrogen-bond acceptors (Lipinski definition) is 3. The summed E-state index contributed by atoms with van der Waals surface area (Å²) in [6, 6.07) is 8.34. The van der Waals surface area contributed by atoms with E-state index in [9.17, 15) is 13.6 Å². The van der Waals surface area contributed by atoms with Gasteiger partial charge >= 0.3 is 0 Å². The molecule has 2 aromatic rings. The van der Waals surface area contributed by atoms with Crippen molar-refractivity contribution in [2.45, 2.75) is 39.0 Å². The normalized spacial score (nSPS) is 10.8. The Hall–Kier alpha value is -2.50. The van der Waals surface area contributed by atoms with E-state index in [1.54, 1.807) is 25.3 Å². The van der Waals surface area contributed by atoms with Gasteiger partial charge in [-0.2, -0.15) is 0 Å². The SMILES string of the molecule is COc1cc(CCCCc2ccc(C(F)F)cc2C)nc(NC=O)c1. The van der Waals surface area contributed by atoms with Gasteiger partial charge in [-0.1, -0.05) is 18.2 Å². The van der Waals surface area contributed by atoms with Crippen molar-refractivity contribution >= 4 is 12.2 Å². The fourth-order valence-corrected chi connectivity index (χ4v) is 2.70. The maximum Gasteiger partial charge on any atom is 0.263 e. The molecule has 2 rings (SSSR count). The standard InChI is InChI=1S/C19H22F2N2O2/c1-13-9-15(19(20)21)8-7-14(13)5-3-4-6-16-10-17(25-2)11-18(23-16)22-12-24/h7-12,19H,3-6H2,1-2H3,(H,22,23,24). The third-order valence-electron chi connectivity index (χ3n) is 4.04. The number of aryl methyl sites for hydroxylation is 3. The summed E-state index contributed by atoms with van der Waals surface area (Å²) in [4.78, 5) is 14.9. The van der Waals surface area contributed by atoms with E-state index in [0.717, 1.165) is 42.5 Å². The minimum atomic E-state index is -2.43. The number of alkyl halides is 2. The van der Waals surface area contributed by atoms with Crippen LogP contribution >= 0.6 is 0 Å². The van der Waals surface area contributed by atoms with Crippen LogP contribution in [0.15, 0.2) is 30.3 Å². The second-order valence-corrected chi connectivity index (χ2v) is 5.84. The summed E-state index contributed by atoms with van der Waals surface area (Å²) in [5, 5.41) is 2.53. The maximum absolute atomic E-state index is 12.7. The van der Waals surface area contributed by atoms with Gasteiger partial charge in [-0.15, -0.1) is 0 Å². The van der Waals surface area contributed by atoms with Gasteiger partial charge in [-0.3, -0.25) is 4.79 Å². The van der Waals surface area contributed by atoms with Crippen LogP contribution in [0.4, 0.5) is 14.6 Å². The number of aromatic nitrogens is 1. The number of nitrogens with one attached hydrogen (secondary N) is 1. The minimum Gasteiger partial charge on any atom is -0.497 e. The maximum atomic E-state index is 12.7. The zero-order chi connectivity index (χ0) is 18.2. The Balaban J connectivity index is 1.91. The van der Waals surface area contributed by atoms with Crippen molar-refractivity contribution < 1.29 is 18.3 Å². The highest BCUT2D eigenvalue weighted by Gasteiger charge is 2.09. The number of anilines is 1. The van der Waals surface area contributed by atoms with Crippen molar-refractivity contribution in [1.82, 2.24) is 4.98 Å². The molecule has 0 radical (unpaired) electrons. The van der Waals surface area contributed by atoms with E-state index < -0.39 is 6.43 Å². The first-order valence-corrected chi connectivity index (χ1v) is 8.16. The molecular formula is C19H22F2N2O2. The molecule has 0 fully saturated rings. The van der Waals surface area contributed by atoms with Crippen LogP contribution in [0.25, 0.3) is 0 Å². The van der Waals surface area contributed by atoms with Crippen molar-refractivity contribution in [1.29, 1.82) is 0 Å². The fourth-order valence-electron chi connectivity index (χ4n) is 2.70. The zero-order valence-corrected chi connectivity index (χ0v) is 14.4. The van der Waals surface area contributed by atoms with Crippen LogP contribution in [-0.4, -0.2) is 18.5 Å². The number of benzene rings is 1. The molecule has 0 spiro atoms.